The van der Waals surface area contributed by atoms with Gasteiger partial charge in [-0.2, -0.15) is 8.78 Å². The summed E-state index contributed by atoms with van der Waals surface area (Å²) >= 11 is 0. The van der Waals surface area contributed by atoms with Gasteiger partial charge >= 0.3 is 0 Å². The smallest absolute Gasteiger partial charge is 0.206 e. The van der Waals surface area contributed by atoms with Crippen molar-refractivity contribution >= 4 is 0 Å². The molecule has 0 radical (unpaired) electrons. The fourth-order valence-electron chi connectivity index (χ4n) is 2.34. The molecule has 1 aromatic carbocycles. The molecule has 0 saturated carbocycles. The Bertz CT molecular complexity index is 475. The molecule has 0 aromatic heterocycles. The first kappa shape index (κ1) is 19.7. The van der Waals surface area contributed by atoms with Gasteiger partial charge in [0, 0.05) is 0 Å². The second-order valence-electron chi connectivity index (χ2n) is 5.74. The second kappa shape index (κ2) is 9.73. The minimum Gasteiger partial charge on any atom is -0.485 e. The number of rotatable bonds is 10. The minimum absolute atomic E-state index is 0.493. The van der Waals surface area contributed by atoms with Gasteiger partial charge in [-0.1, -0.05) is 45.4 Å². The normalized spacial score (nSPS) is 12.5. The third-order valence-corrected chi connectivity index (χ3v) is 3.70. The Morgan fingerprint density at radius 3 is 1.65 bits per heavy atom. The molecule has 0 aliphatic rings. The van der Waals surface area contributed by atoms with E-state index >= 15 is 0 Å². The molecule has 6 heteroatoms. The van der Waals surface area contributed by atoms with Gasteiger partial charge in [-0.3, -0.25) is 0 Å². The fraction of sp³-hybridized carbons (Fsp3) is 0.647. The summed E-state index contributed by atoms with van der Waals surface area (Å²) in [6.45, 7) is 3.69. The van der Waals surface area contributed by atoms with E-state index < -0.39 is 40.9 Å². The van der Waals surface area contributed by atoms with Crippen molar-refractivity contribution in [1.82, 2.24) is 0 Å². The molecule has 1 aromatic rings. The summed E-state index contributed by atoms with van der Waals surface area (Å²) in [5.41, 5.74) is 0. The van der Waals surface area contributed by atoms with E-state index in [2.05, 4.69) is 6.92 Å². The third-order valence-electron chi connectivity index (χ3n) is 3.70. The summed E-state index contributed by atoms with van der Waals surface area (Å²) in [6.07, 6.45) is 7.37. The highest BCUT2D eigenvalue weighted by Crippen LogP contribution is 2.30. The zero-order valence-corrected chi connectivity index (χ0v) is 13.5. The molecule has 0 fully saturated rings. The molecular formula is C17H23F5O. The average Bonchev–Trinajstić information content (AvgIpc) is 2.54. The molecule has 0 N–H and O–H groups in total. The molecule has 1 unspecified atom stereocenters. The van der Waals surface area contributed by atoms with Crippen molar-refractivity contribution in [2.24, 2.45) is 0 Å². The molecule has 0 amide bonds. The van der Waals surface area contributed by atoms with E-state index in [-0.39, 0.29) is 0 Å². The summed E-state index contributed by atoms with van der Waals surface area (Å²) in [5.74, 6) is -11.2. The maximum absolute atomic E-state index is 13.5. The van der Waals surface area contributed by atoms with Crippen LogP contribution in [0.15, 0.2) is 0 Å². The molecule has 1 atom stereocenters. The first-order valence-electron chi connectivity index (χ1n) is 8.08. The minimum atomic E-state index is -2.17. The Morgan fingerprint density at radius 2 is 1.13 bits per heavy atom. The van der Waals surface area contributed by atoms with Crippen molar-refractivity contribution in [3.8, 4) is 5.75 Å². The number of benzene rings is 1. The Labute approximate surface area is 133 Å². The standard InChI is InChI=1S/C17H23F5O/c1-3-4-5-6-7-8-9-10-11(2)23-17-15(21)13(19)12(18)14(20)16(17)22/h11H,3-10H2,1-2H3. The predicted octanol–water partition coefficient (Wildman–Crippen LogP) is 6.29. The summed E-state index contributed by atoms with van der Waals surface area (Å²) < 4.78 is 71.0. The lowest BCUT2D eigenvalue weighted by Crippen LogP contribution is -2.16. The maximum atomic E-state index is 13.5. The molecule has 0 aliphatic heterocycles. The van der Waals surface area contributed by atoms with Crippen LogP contribution in [0.25, 0.3) is 0 Å². The van der Waals surface area contributed by atoms with E-state index in [1.165, 1.54) is 19.3 Å². The quantitative estimate of drug-likeness (QED) is 0.211. The van der Waals surface area contributed by atoms with E-state index in [9.17, 15) is 22.0 Å². The highest BCUT2D eigenvalue weighted by Gasteiger charge is 2.27. The van der Waals surface area contributed by atoms with Crippen molar-refractivity contribution < 1.29 is 26.7 Å². The molecule has 23 heavy (non-hydrogen) atoms. The number of ether oxygens (including phenoxy) is 1. The van der Waals surface area contributed by atoms with Gasteiger partial charge in [-0.15, -0.1) is 0 Å². The largest absolute Gasteiger partial charge is 0.485 e. The van der Waals surface area contributed by atoms with Crippen molar-refractivity contribution in [3.63, 3.8) is 0 Å². The molecule has 1 nitrogen and oxygen atoms in total. The highest BCUT2D eigenvalue weighted by atomic mass is 19.2. The molecule has 132 valence electrons. The van der Waals surface area contributed by atoms with E-state index in [1.54, 1.807) is 6.92 Å². The van der Waals surface area contributed by atoms with Gasteiger partial charge in [0.15, 0.2) is 5.75 Å². The van der Waals surface area contributed by atoms with Crippen molar-refractivity contribution in [1.29, 1.82) is 0 Å². The zero-order valence-electron chi connectivity index (χ0n) is 13.5. The van der Waals surface area contributed by atoms with Crippen LogP contribution in [0.5, 0.6) is 5.75 Å². The zero-order chi connectivity index (χ0) is 17.4. The van der Waals surface area contributed by atoms with Crippen LogP contribution in [-0.4, -0.2) is 6.10 Å². The Morgan fingerprint density at radius 1 is 0.696 bits per heavy atom. The first-order valence-corrected chi connectivity index (χ1v) is 8.08. The van der Waals surface area contributed by atoms with Crippen LogP contribution < -0.4 is 4.74 Å². The SMILES string of the molecule is CCCCCCCCCC(C)Oc1c(F)c(F)c(F)c(F)c1F. The molecule has 0 bridgehead atoms. The van der Waals surface area contributed by atoms with Crippen LogP contribution >= 0.6 is 0 Å². The number of unbranched alkanes of at least 4 members (excludes halogenated alkanes) is 6. The van der Waals surface area contributed by atoms with Gasteiger partial charge < -0.3 is 4.74 Å². The van der Waals surface area contributed by atoms with Gasteiger partial charge in [0.05, 0.1) is 6.10 Å². The van der Waals surface area contributed by atoms with E-state index in [0.29, 0.717) is 6.42 Å². The van der Waals surface area contributed by atoms with Crippen molar-refractivity contribution in [2.45, 2.75) is 71.3 Å². The molecule has 1 rings (SSSR count). The summed E-state index contributed by atoms with van der Waals surface area (Å²) in [7, 11) is 0. The Kier molecular flexibility index (Phi) is 8.34. The van der Waals surface area contributed by atoms with Crippen LogP contribution in [0.3, 0.4) is 0 Å². The van der Waals surface area contributed by atoms with E-state index in [1.807, 2.05) is 0 Å². The molecule has 0 spiro atoms. The van der Waals surface area contributed by atoms with Crippen LogP contribution in [0.4, 0.5) is 22.0 Å². The number of hydrogen-bond donors (Lipinski definition) is 0. The molecule has 0 saturated heterocycles. The number of hydrogen-bond acceptors (Lipinski definition) is 1. The van der Waals surface area contributed by atoms with E-state index in [0.717, 1.165) is 25.7 Å². The lowest BCUT2D eigenvalue weighted by Gasteiger charge is -2.16. The monoisotopic (exact) mass is 338 g/mol. The highest BCUT2D eigenvalue weighted by molar-refractivity contribution is 5.29. The fourth-order valence-corrected chi connectivity index (χ4v) is 2.34. The summed E-state index contributed by atoms with van der Waals surface area (Å²) in [6, 6.07) is 0. The number of halogens is 5. The van der Waals surface area contributed by atoms with Gasteiger partial charge in [0.1, 0.15) is 0 Å². The predicted molar refractivity (Wildman–Crippen MR) is 78.9 cm³/mol. The average molecular weight is 338 g/mol. The van der Waals surface area contributed by atoms with Crippen LogP contribution in [0, 0.1) is 29.1 Å². The van der Waals surface area contributed by atoms with Gasteiger partial charge in [-0.25, -0.2) is 13.2 Å². The van der Waals surface area contributed by atoms with Gasteiger partial charge in [0.25, 0.3) is 0 Å². The molecular weight excluding hydrogens is 315 g/mol. The lowest BCUT2D eigenvalue weighted by atomic mass is 10.1. The van der Waals surface area contributed by atoms with Gasteiger partial charge in [0.2, 0.25) is 29.1 Å². The van der Waals surface area contributed by atoms with Crippen molar-refractivity contribution in [3.05, 3.63) is 29.1 Å². The Hall–Kier alpha value is -1.33. The first-order chi connectivity index (χ1) is 10.9. The van der Waals surface area contributed by atoms with Crippen LogP contribution in [0.1, 0.15) is 65.2 Å². The van der Waals surface area contributed by atoms with Crippen molar-refractivity contribution in [2.75, 3.05) is 0 Å². The van der Waals surface area contributed by atoms with Crippen LogP contribution in [-0.2, 0) is 0 Å². The third kappa shape index (κ3) is 5.66. The van der Waals surface area contributed by atoms with Crippen LogP contribution in [0.2, 0.25) is 0 Å². The van der Waals surface area contributed by atoms with E-state index in [4.69, 9.17) is 4.74 Å². The van der Waals surface area contributed by atoms with Gasteiger partial charge in [-0.05, 0) is 19.8 Å². The Balaban J connectivity index is 2.47. The summed E-state index contributed by atoms with van der Waals surface area (Å²) in [5, 5.41) is 0. The molecule has 0 aliphatic carbocycles. The molecule has 0 heterocycles. The summed E-state index contributed by atoms with van der Waals surface area (Å²) in [4.78, 5) is 0. The second-order valence-corrected chi connectivity index (χ2v) is 5.74. The topological polar surface area (TPSA) is 9.23 Å². The maximum Gasteiger partial charge on any atom is 0.206 e. The lowest BCUT2D eigenvalue weighted by molar-refractivity contribution is 0.180.